The van der Waals surface area contributed by atoms with E-state index >= 15 is 0 Å². The van der Waals surface area contributed by atoms with Gasteiger partial charge < -0.3 is 9.64 Å². The highest BCUT2D eigenvalue weighted by Gasteiger charge is 2.07. The Morgan fingerprint density at radius 1 is 1.28 bits per heavy atom. The van der Waals surface area contributed by atoms with Crippen molar-refractivity contribution >= 4 is 12.0 Å². The Morgan fingerprint density at radius 2 is 1.89 bits per heavy atom. The smallest absolute Gasteiger partial charge is 0.338 e. The first-order valence-corrected chi connectivity index (χ1v) is 6.33. The topological polar surface area (TPSA) is 29.5 Å². The number of esters is 1. The van der Waals surface area contributed by atoms with Crippen molar-refractivity contribution in [2.24, 2.45) is 0 Å². The number of hydrogen-bond acceptors (Lipinski definition) is 3. The zero-order chi connectivity index (χ0) is 13.4. The minimum atomic E-state index is -0.266. The second kappa shape index (κ2) is 7.67. The van der Waals surface area contributed by atoms with Gasteiger partial charge in [0.05, 0.1) is 5.56 Å². The summed E-state index contributed by atoms with van der Waals surface area (Å²) in [6.07, 6.45) is 1.75. The van der Waals surface area contributed by atoms with Gasteiger partial charge in [0.2, 0.25) is 0 Å². The lowest BCUT2D eigenvalue weighted by molar-refractivity contribution is 0.0466. The first-order chi connectivity index (χ1) is 8.71. The molecule has 0 spiro atoms. The van der Waals surface area contributed by atoms with Gasteiger partial charge in [-0.15, -0.1) is 0 Å². The number of carbonyl (C=O) groups excluding carboxylic acids is 1. The van der Waals surface area contributed by atoms with Gasteiger partial charge in [0, 0.05) is 6.54 Å². The lowest BCUT2D eigenvalue weighted by atomic mass is 10.1. The van der Waals surface area contributed by atoms with E-state index in [1.807, 2.05) is 12.1 Å². The molecule has 0 heterocycles. The average molecular weight is 247 g/mol. The van der Waals surface area contributed by atoms with Crippen molar-refractivity contribution in [2.45, 2.75) is 13.8 Å². The van der Waals surface area contributed by atoms with Crippen LogP contribution in [0.4, 0.5) is 0 Å². The van der Waals surface area contributed by atoms with E-state index in [4.69, 9.17) is 4.74 Å². The zero-order valence-corrected chi connectivity index (χ0v) is 11.2. The summed E-state index contributed by atoms with van der Waals surface area (Å²) in [7, 11) is 0. The maximum atomic E-state index is 11.7. The predicted octanol–water partition coefficient (Wildman–Crippen LogP) is 2.83. The Morgan fingerprint density at radius 3 is 2.39 bits per heavy atom. The molecule has 0 amide bonds. The first kappa shape index (κ1) is 14.5. The molecule has 0 atom stereocenters. The summed E-state index contributed by atoms with van der Waals surface area (Å²) in [4.78, 5) is 14.0. The molecule has 0 aliphatic heterocycles. The first-order valence-electron chi connectivity index (χ1n) is 6.33. The van der Waals surface area contributed by atoms with Crippen LogP contribution in [0.5, 0.6) is 0 Å². The Hall–Kier alpha value is -1.61. The summed E-state index contributed by atoms with van der Waals surface area (Å²) >= 11 is 0. The van der Waals surface area contributed by atoms with Gasteiger partial charge in [0.15, 0.2) is 0 Å². The predicted molar refractivity (Wildman–Crippen MR) is 74.6 cm³/mol. The quantitative estimate of drug-likeness (QED) is 0.694. The van der Waals surface area contributed by atoms with Crippen LogP contribution in [0.2, 0.25) is 0 Å². The third-order valence-electron chi connectivity index (χ3n) is 2.92. The van der Waals surface area contributed by atoms with E-state index in [1.54, 1.807) is 18.2 Å². The second-order valence-electron chi connectivity index (χ2n) is 3.99. The van der Waals surface area contributed by atoms with Crippen LogP contribution in [0.15, 0.2) is 30.8 Å². The third kappa shape index (κ3) is 4.34. The molecule has 0 radical (unpaired) electrons. The lowest BCUT2D eigenvalue weighted by Crippen LogP contribution is -2.27. The molecule has 0 aromatic heterocycles. The number of likely N-dealkylation sites (N-methyl/N-ethyl adjacent to an activating group) is 1. The van der Waals surface area contributed by atoms with E-state index in [9.17, 15) is 4.79 Å². The molecule has 1 rings (SSSR count). The summed E-state index contributed by atoms with van der Waals surface area (Å²) in [6, 6.07) is 7.23. The molecule has 0 aliphatic rings. The molecule has 3 heteroatoms. The van der Waals surface area contributed by atoms with Crippen LogP contribution in [0.1, 0.15) is 29.8 Å². The molecule has 18 heavy (non-hydrogen) atoms. The highest BCUT2D eigenvalue weighted by atomic mass is 16.5. The fourth-order valence-electron chi connectivity index (χ4n) is 1.65. The van der Waals surface area contributed by atoms with Gasteiger partial charge in [-0.05, 0) is 30.8 Å². The van der Waals surface area contributed by atoms with E-state index in [0.29, 0.717) is 12.2 Å². The molecule has 1 aromatic carbocycles. The van der Waals surface area contributed by atoms with Gasteiger partial charge in [-0.1, -0.05) is 38.6 Å². The molecule has 0 fully saturated rings. The molecule has 0 aliphatic carbocycles. The number of hydrogen-bond donors (Lipinski definition) is 0. The summed E-state index contributed by atoms with van der Waals surface area (Å²) in [5.41, 5.74) is 1.58. The van der Waals surface area contributed by atoms with E-state index in [0.717, 1.165) is 25.2 Å². The van der Waals surface area contributed by atoms with Crippen molar-refractivity contribution in [3.63, 3.8) is 0 Å². The van der Waals surface area contributed by atoms with Gasteiger partial charge >= 0.3 is 5.97 Å². The molecule has 0 bridgehead atoms. The van der Waals surface area contributed by atoms with Crippen LogP contribution in [-0.4, -0.2) is 37.1 Å². The van der Waals surface area contributed by atoms with E-state index < -0.39 is 0 Å². The highest BCUT2D eigenvalue weighted by Crippen LogP contribution is 2.06. The molecular formula is C15H21NO2. The third-order valence-corrected chi connectivity index (χ3v) is 2.92. The number of ether oxygens (including phenoxy) is 1. The minimum Gasteiger partial charge on any atom is -0.461 e. The second-order valence-corrected chi connectivity index (χ2v) is 3.99. The normalized spacial score (nSPS) is 10.4. The fourth-order valence-corrected chi connectivity index (χ4v) is 1.65. The van der Waals surface area contributed by atoms with Crippen molar-refractivity contribution in [1.29, 1.82) is 0 Å². The van der Waals surface area contributed by atoms with Gasteiger partial charge in [-0.25, -0.2) is 4.79 Å². The maximum absolute atomic E-state index is 11.7. The van der Waals surface area contributed by atoms with Crippen LogP contribution in [0.25, 0.3) is 6.08 Å². The summed E-state index contributed by atoms with van der Waals surface area (Å²) < 4.78 is 5.23. The lowest BCUT2D eigenvalue weighted by Gasteiger charge is -2.17. The van der Waals surface area contributed by atoms with Crippen LogP contribution in [-0.2, 0) is 4.74 Å². The minimum absolute atomic E-state index is 0.266. The van der Waals surface area contributed by atoms with Gasteiger partial charge in [0.1, 0.15) is 6.61 Å². The fraction of sp³-hybridized carbons (Fsp3) is 0.400. The molecule has 0 unspecified atom stereocenters. The summed E-state index contributed by atoms with van der Waals surface area (Å²) in [6.45, 7) is 11.0. The molecular weight excluding hydrogens is 226 g/mol. The Labute approximate surface area is 109 Å². The standard InChI is InChI=1S/C15H21NO2/c1-4-13-7-9-14(10-8-13)15(17)18-12-11-16(5-2)6-3/h4,7-10H,1,5-6,11-12H2,2-3H3. The van der Waals surface area contributed by atoms with E-state index in [1.165, 1.54) is 0 Å². The maximum Gasteiger partial charge on any atom is 0.338 e. The van der Waals surface area contributed by atoms with Gasteiger partial charge in [-0.3, -0.25) is 0 Å². The monoisotopic (exact) mass is 247 g/mol. The van der Waals surface area contributed by atoms with Gasteiger partial charge in [0.25, 0.3) is 0 Å². The van der Waals surface area contributed by atoms with Crippen LogP contribution in [0, 0.1) is 0 Å². The molecule has 1 aromatic rings. The molecule has 0 saturated heterocycles. The number of nitrogens with zero attached hydrogens (tertiary/aromatic N) is 1. The molecule has 0 saturated carbocycles. The number of benzene rings is 1. The van der Waals surface area contributed by atoms with E-state index in [2.05, 4.69) is 25.3 Å². The summed E-state index contributed by atoms with van der Waals surface area (Å²) in [5.74, 6) is -0.266. The summed E-state index contributed by atoms with van der Waals surface area (Å²) in [5, 5.41) is 0. The van der Waals surface area contributed by atoms with Gasteiger partial charge in [-0.2, -0.15) is 0 Å². The number of carbonyl (C=O) groups is 1. The zero-order valence-electron chi connectivity index (χ0n) is 11.2. The van der Waals surface area contributed by atoms with Crippen LogP contribution < -0.4 is 0 Å². The van der Waals surface area contributed by atoms with Crippen LogP contribution >= 0.6 is 0 Å². The van der Waals surface area contributed by atoms with Crippen molar-refractivity contribution in [2.75, 3.05) is 26.2 Å². The Kier molecular flexibility index (Phi) is 6.15. The molecule has 0 N–H and O–H groups in total. The van der Waals surface area contributed by atoms with E-state index in [-0.39, 0.29) is 5.97 Å². The highest BCUT2D eigenvalue weighted by molar-refractivity contribution is 5.89. The average Bonchev–Trinajstić information content (AvgIpc) is 2.43. The number of rotatable bonds is 7. The SMILES string of the molecule is C=Cc1ccc(C(=O)OCCN(CC)CC)cc1. The van der Waals surface area contributed by atoms with Crippen molar-refractivity contribution in [3.8, 4) is 0 Å². The van der Waals surface area contributed by atoms with Crippen molar-refractivity contribution in [1.82, 2.24) is 4.90 Å². The van der Waals surface area contributed by atoms with Crippen molar-refractivity contribution < 1.29 is 9.53 Å². The molecule has 98 valence electrons. The van der Waals surface area contributed by atoms with Crippen LogP contribution in [0.3, 0.4) is 0 Å². The van der Waals surface area contributed by atoms with Crippen molar-refractivity contribution in [3.05, 3.63) is 42.0 Å². The largest absolute Gasteiger partial charge is 0.461 e. The Balaban J connectivity index is 2.42. The Bertz CT molecular complexity index is 380. The molecule has 3 nitrogen and oxygen atoms in total.